The van der Waals surface area contributed by atoms with E-state index in [1.165, 1.54) is 101 Å². The maximum Gasteiger partial charge on any atom is 0.205 e. The summed E-state index contributed by atoms with van der Waals surface area (Å²) in [7, 11) is 0. The van der Waals surface area contributed by atoms with E-state index in [4.69, 9.17) is 0 Å². The molecule has 0 atom stereocenters. The van der Waals surface area contributed by atoms with E-state index >= 15 is 0 Å². The topological polar surface area (TPSA) is 8.81 Å². The van der Waals surface area contributed by atoms with Crippen LogP contribution in [-0.2, 0) is 13.1 Å². The van der Waals surface area contributed by atoms with Gasteiger partial charge in [0.15, 0.2) is 6.54 Å². The second-order valence-electron chi connectivity index (χ2n) is 8.02. The fourth-order valence-corrected chi connectivity index (χ4v) is 3.95. The molecule has 0 fully saturated rings. The largest absolute Gasteiger partial charge is 1.00 e. The van der Waals surface area contributed by atoms with Gasteiger partial charge in [-0.1, -0.05) is 90.0 Å². The first kappa shape index (κ1) is 26.4. The molecular weight excluding hydrogens is 396 g/mol. The van der Waals surface area contributed by atoms with E-state index in [9.17, 15) is 0 Å². The van der Waals surface area contributed by atoms with E-state index in [0.29, 0.717) is 0 Å². The Bertz CT molecular complexity index is 479. The summed E-state index contributed by atoms with van der Waals surface area (Å²) in [5, 5.41) is 0. The zero-order valence-electron chi connectivity index (χ0n) is 18.4. The van der Waals surface area contributed by atoms with Crippen LogP contribution in [0.3, 0.4) is 0 Å². The maximum atomic E-state index is 3.89. The standard InChI is InChI=1S/C24H45N2.BrH/c1-5-7-8-9-10-11-12-13-14-15-16-17-18-19-21-26-24(4)22-23(3)25(26)20-6-2;/h6,22H,2,5,7-21H2,1,3-4H3;1H/q+1;/p-1. The molecule has 0 N–H and O–H groups in total. The van der Waals surface area contributed by atoms with Crippen molar-refractivity contribution >= 4 is 0 Å². The van der Waals surface area contributed by atoms with Crippen LogP contribution < -0.4 is 21.7 Å². The predicted octanol–water partition coefficient (Wildman–Crippen LogP) is 4.06. The highest BCUT2D eigenvalue weighted by molar-refractivity contribution is 5.02. The van der Waals surface area contributed by atoms with Crippen LogP contribution in [0.25, 0.3) is 0 Å². The van der Waals surface area contributed by atoms with Crippen molar-refractivity contribution < 1.29 is 21.7 Å². The molecule has 0 saturated carbocycles. The maximum absolute atomic E-state index is 3.89. The van der Waals surface area contributed by atoms with E-state index in [-0.39, 0.29) is 17.0 Å². The van der Waals surface area contributed by atoms with Gasteiger partial charge in [0.05, 0.1) is 12.2 Å². The van der Waals surface area contributed by atoms with E-state index in [0.717, 1.165) is 13.1 Å². The number of rotatable bonds is 17. The third-order valence-corrected chi connectivity index (χ3v) is 5.55. The molecule has 0 unspecified atom stereocenters. The first-order chi connectivity index (χ1) is 12.7. The van der Waals surface area contributed by atoms with Crippen LogP contribution in [0.15, 0.2) is 18.7 Å². The molecule has 0 aliphatic rings. The molecule has 0 aliphatic heterocycles. The van der Waals surface area contributed by atoms with Crippen LogP contribution in [0.1, 0.15) is 108 Å². The van der Waals surface area contributed by atoms with E-state index < -0.39 is 0 Å². The minimum atomic E-state index is 0. The van der Waals surface area contributed by atoms with Crippen molar-refractivity contribution in [1.82, 2.24) is 4.68 Å². The molecule has 1 aromatic rings. The second-order valence-corrected chi connectivity index (χ2v) is 8.02. The summed E-state index contributed by atoms with van der Waals surface area (Å²) >= 11 is 0. The Morgan fingerprint density at radius 3 is 1.70 bits per heavy atom. The minimum Gasteiger partial charge on any atom is -1.00 e. The summed E-state index contributed by atoms with van der Waals surface area (Å²) in [5.74, 6) is 0. The van der Waals surface area contributed by atoms with Crippen molar-refractivity contribution in [2.75, 3.05) is 0 Å². The molecule has 0 aromatic carbocycles. The summed E-state index contributed by atoms with van der Waals surface area (Å²) in [6.45, 7) is 12.7. The highest BCUT2D eigenvalue weighted by Gasteiger charge is 2.15. The highest BCUT2D eigenvalue weighted by Crippen LogP contribution is 2.13. The number of hydrogen-bond donors (Lipinski definition) is 0. The van der Waals surface area contributed by atoms with Crippen molar-refractivity contribution in [3.8, 4) is 0 Å². The van der Waals surface area contributed by atoms with Gasteiger partial charge in [-0.25, -0.2) is 0 Å². The molecule has 0 radical (unpaired) electrons. The normalized spacial score (nSPS) is 10.8. The molecule has 1 heterocycles. The zero-order valence-corrected chi connectivity index (χ0v) is 20.0. The number of hydrogen-bond acceptors (Lipinski definition) is 0. The third kappa shape index (κ3) is 11.8. The third-order valence-electron chi connectivity index (χ3n) is 5.55. The van der Waals surface area contributed by atoms with Gasteiger partial charge >= 0.3 is 0 Å². The number of aryl methyl sites for hydroxylation is 2. The number of nitrogens with zero attached hydrogens (tertiary/aromatic N) is 2. The van der Waals surface area contributed by atoms with Crippen LogP contribution in [0.2, 0.25) is 0 Å². The lowest BCUT2D eigenvalue weighted by molar-refractivity contribution is -0.780. The average Bonchev–Trinajstić information content (AvgIpc) is 2.89. The van der Waals surface area contributed by atoms with E-state index in [1.54, 1.807) is 0 Å². The van der Waals surface area contributed by atoms with Crippen LogP contribution in [0.5, 0.6) is 0 Å². The molecule has 0 spiro atoms. The molecule has 0 aliphatic carbocycles. The molecule has 27 heavy (non-hydrogen) atoms. The molecule has 3 heteroatoms. The summed E-state index contributed by atoms with van der Waals surface area (Å²) in [5.41, 5.74) is 2.71. The van der Waals surface area contributed by atoms with Crippen molar-refractivity contribution in [2.24, 2.45) is 0 Å². The molecule has 2 nitrogen and oxygen atoms in total. The second kappa shape index (κ2) is 17.5. The van der Waals surface area contributed by atoms with Crippen LogP contribution in [-0.4, -0.2) is 4.68 Å². The molecule has 0 amide bonds. The van der Waals surface area contributed by atoms with Gasteiger partial charge in [0, 0.05) is 19.4 Å². The van der Waals surface area contributed by atoms with E-state index in [2.05, 4.69) is 42.8 Å². The van der Waals surface area contributed by atoms with Gasteiger partial charge in [0.2, 0.25) is 5.69 Å². The van der Waals surface area contributed by atoms with Crippen LogP contribution in [0.4, 0.5) is 0 Å². The lowest BCUT2D eigenvalue weighted by Gasteiger charge is -2.05. The van der Waals surface area contributed by atoms with Crippen LogP contribution >= 0.6 is 0 Å². The molecule has 0 saturated heterocycles. The van der Waals surface area contributed by atoms with Gasteiger partial charge in [0.1, 0.15) is 0 Å². The lowest BCUT2D eigenvalue weighted by atomic mass is 10.0. The minimum absolute atomic E-state index is 0. The molecular formula is C24H45BrN2. The van der Waals surface area contributed by atoms with Crippen molar-refractivity contribution in [3.05, 3.63) is 30.1 Å². The van der Waals surface area contributed by atoms with E-state index in [1.807, 2.05) is 6.08 Å². The number of aromatic nitrogens is 2. The number of halogens is 1. The molecule has 1 rings (SSSR count). The van der Waals surface area contributed by atoms with Crippen LogP contribution in [0, 0.1) is 13.8 Å². The first-order valence-electron chi connectivity index (χ1n) is 11.4. The molecule has 158 valence electrons. The van der Waals surface area contributed by atoms with Crippen molar-refractivity contribution in [3.63, 3.8) is 0 Å². The lowest BCUT2D eigenvalue weighted by Crippen LogP contribution is -3.00. The quantitative estimate of drug-likeness (QED) is 0.196. The average molecular weight is 442 g/mol. The Labute approximate surface area is 180 Å². The van der Waals surface area contributed by atoms with Gasteiger partial charge in [-0.3, -0.25) is 0 Å². The number of allylic oxidation sites excluding steroid dienone is 1. The van der Waals surface area contributed by atoms with Crippen molar-refractivity contribution in [1.29, 1.82) is 0 Å². The van der Waals surface area contributed by atoms with Crippen molar-refractivity contribution in [2.45, 2.75) is 124 Å². The first-order valence-corrected chi connectivity index (χ1v) is 11.4. The molecule has 1 aromatic heterocycles. The Hall–Kier alpha value is -0.570. The van der Waals surface area contributed by atoms with Gasteiger partial charge < -0.3 is 17.0 Å². The summed E-state index contributed by atoms with van der Waals surface area (Å²) in [4.78, 5) is 0. The Balaban J connectivity index is 0.00000676. The Morgan fingerprint density at radius 1 is 0.815 bits per heavy atom. The van der Waals surface area contributed by atoms with Gasteiger partial charge in [-0.15, -0.1) is 11.3 Å². The van der Waals surface area contributed by atoms with Gasteiger partial charge in [-0.2, -0.15) is 4.68 Å². The number of unbranched alkanes of at least 4 members (excludes halogenated alkanes) is 13. The monoisotopic (exact) mass is 440 g/mol. The fourth-order valence-electron chi connectivity index (χ4n) is 3.95. The van der Waals surface area contributed by atoms with Gasteiger partial charge in [0.25, 0.3) is 0 Å². The Morgan fingerprint density at radius 2 is 1.26 bits per heavy atom. The summed E-state index contributed by atoms with van der Waals surface area (Å²) in [6, 6.07) is 2.29. The summed E-state index contributed by atoms with van der Waals surface area (Å²) < 4.78 is 4.78. The van der Waals surface area contributed by atoms with Gasteiger partial charge in [-0.05, 0) is 13.3 Å². The summed E-state index contributed by atoms with van der Waals surface area (Å²) in [6.07, 6.45) is 21.9. The fraction of sp³-hybridized carbons (Fsp3) is 0.792. The predicted molar refractivity (Wildman–Crippen MR) is 115 cm³/mol. The molecule has 0 bridgehead atoms. The Kier molecular flexibility index (Phi) is 17.2. The zero-order chi connectivity index (χ0) is 19.0. The smallest absolute Gasteiger partial charge is 0.205 e. The SMILES string of the molecule is C=CCn1c(C)cc(C)[n+]1CCCCCCCCCCCCCCCC.[Br-]. The highest BCUT2D eigenvalue weighted by atomic mass is 79.9.